The maximum absolute atomic E-state index is 13.6. The summed E-state index contributed by atoms with van der Waals surface area (Å²) >= 11 is 0. The Labute approximate surface area is 109 Å². The molecule has 0 unspecified atom stereocenters. The van der Waals surface area contributed by atoms with Crippen LogP contribution < -0.4 is 5.32 Å². The first-order valence-corrected chi connectivity index (χ1v) is 5.98. The molecule has 0 spiro atoms. The minimum absolute atomic E-state index is 0.222. The number of nitrogens with one attached hydrogen (secondary N) is 1. The van der Waals surface area contributed by atoms with E-state index in [0.717, 1.165) is 6.07 Å². The average Bonchev–Trinajstić information content (AvgIpc) is 2.75. The van der Waals surface area contributed by atoms with Gasteiger partial charge in [-0.25, -0.2) is 8.78 Å². The van der Waals surface area contributed by atoms with Gasteiger partial charge >= 0.3 is 0 Å². The van der Waals surface area contributed by atoms with Gasteiger partial charge in [0, 0.05) is 24.6 Å². The molecule has 0 saturated carbocycles. The van der Waals surface area contributed by atoms with Crippen molar-refractivity contribution in [3.05, 3.63) is 47.2 Å². The third-order valence-corrected chi connectivity index (χ3v) is 2.84. The Morgan fingerprint density at radius 2 is 1.89 bits per heavy atom. The molecule has 1 aromatic heterocycles. The monoisotopic (exact) mass is 267 g/mol. The summed E-state index contributed by atoms with van der Waals surface area (Å²) in [5.41, 5.74) is 0.393. The number of benzene rings is 1. The summed E-state index contributed by atoms with van der Waals surface area (Å²) in [6.07, 6.45) is 0. The van der Waals surface area contributed by atoms with Crippen LogP contribution in [0.2, 0.25) is 0 Å². The van der Waals surface area contributed by atoms with Crippen LogP contribution in [0.3, 0.4) is 0 Å². The van der Waals surface area contributed by atoms with Gasteiger partial charge in [-0.15, -0.1) is 10.2 Å². The van der Waals surface area contributed by atoms with Gasteiger partial charge in [0.1, 0.15) is 11.6 Å². The first kappa shape index (κ1) is 13.6. The molecule has 0 amide bonds. The highest BCUT2D eigenvalue weighted by atomic mass is 19.1. The molecule has 2 aromatic rings. The van der Waals surface area contributed by atoms with Crippen molar-refractivity contribution >= 4 is 0 Å². The van der Waals surface area contributed by atoms with Crippen molar-refractivity contribution in [1.29, 1.82) is 0 Å². The van der Waals surface area contributed by atoms with Crippen molar-refractivity contribution in [2.45, 2.75) is 32.9 Å². The summed E-state index contributed by atoms with van der Waals surface area (Å²) in [4.78, 5) is 0. The number of rotatable bonds is 4. The van der Waals surface area contributed by atoms with Crippen molar-refractivity contribution in [2.24, 2.45) is 0 Å². The van der Waals surface area contributed by atoms with E-state index >= 15 is 0 Å². The topological polar surface area (TPSA) is 51.0 Å². The second-order valence-electron chi connectivity index (χ2n) is 4.44. The lowest BCUT2D eigenvalue weighted by Crippen LogP contribution is -2.23. The molecule has 0 radical (unpaired) electrons. The first-order valence-electron chi connectivity index (χ1n) is 5.98. The zero-order valence-electron chi connectivity index (χ0n) is 10.9. The fourth-order valence-corrected chi connectivity index (χ4v) is 1.88. The largest absolute Gasteiger partial charge is 0.424 e. The molecule has 0 aliphatic carbocycles. The van der Waals surface area contributed by atoms with E-state index in [9.17, 15) is 8.78 Å². The first-order chi connectivity index (χ1) is 8.97. The normalized spacial score (nSPS) is 14.4. The fourth-order valence-electron chi connectivity index (χ4n) is 1.88. The van der Waals surface area contributed by atoms with Crippen molar-refractivity contribution < 1.29 is 13.2 Å². The van der Waals surface area contributed by atoms with Gasteiger partial charge in [-0.2, -0.15) is 0 Å². The second-order valence-corrected chi connectivity index (χ2v) is 4.44. The summed E-state index contributed by atoms with van der Waals surface area (Å²) in [5, 5.41) is 10.8. The molecule has 0 aliphatic heterocycles. The molecule has 102 valence electrons. The number of aryl methyl sites for hydroxylation is 1. The highest BCUT2D eigenvalue weighted by Crippen LogP contribution is 2.21. The molecular formula is C13H15F2N3O. The van der Waals surface area contributed by atoms with Crippen LogP contribution in [0, 0.1) is 18.6 Å². The predicted molar refractivity (Wildman–Crippen MR) is 65.4 cm³/mol. The van der Waals surface area contributed by atoms with E-state index in [1.54, 1.807) is 13.8 Å². The molecule has 2 rings (SSSR count). The van der Waals surface area contributed by atoms with Gasteiger partial charge in [-0.1, -0.05) is 6.07 Å². The Morgan fingerprint density at radius 3 is 2.47 bits per heavy atom. The van der Waals surface area contributed by atoms with Crippen LogP contribution in [-0.4, -0.2) is 10.2 Å². The quantitative estimate of drug-likeness (QED) is 0.925. The Hall–Kier alpha value is -1.82. The molecule has 4 nitrogen and oxygen atoms in total. The van der Waals surface area contributed by atoms with Crippen molar-refractivity contribution in [3.63, 3.8) is 0 Å². The summed E-state index contributed by atoms with van der Waals surface area (Å²) in [6, 6.07) is 3.00. The molecule has 0 aliphatic rings. The third kappa shape index (κ3) is 3.14. The Bertz CT molecular complexity index is 571. The maximum atomic E-state index is 13.6. The molecular weight excluding hydrogens is 252 g/mol. The van der Waals surface area contributed by atoms with Gasteiger partial charge in [0.25, 0.3) is 0 Å². The standard InChI is InChI=1S/C13H15F2N3O/c1-7(11-5-4-10(14)6-12(11)15)16-8(2)13-18-17-9(3)19-13/h4-8,16H,1-3H3/t7-,8+/m1/s1. The van der Waals surface area contributed by atoms with E-state index < -0.39 is 11.6 Å². The summed E-state index contributed by atoms with van der Waals surface area (Å²) in [6.45, 7) is 5.33. The number of aromatic nitrogens is 2. The average molecular weight is 267 g/mol. The number of nitrogens with zero attached hydrogens (tertiary/aromatic N) is 2. The molecule has 0 bridgehead atoms. The minimum Gasteiger partial charge on any atom is -0.424 e. The fraction of sp³-hybridized carbons (Fsp3) is 0.385. The van der Waals surface area contributed by atoms with Crippen LogP contribution in [0.25, 0.3) is 0 Å². The summed E-state index contributed by atoms with van der Waals surface area (Å²) < 4.78 is 31.8. The Kier molecular flexibility index (Phi) is 3.90. The zero-order chi connectivity index (χ0) is 14.0. The molecule has 0 fully saturated rings. The lowest BCUT2D eigenvalue weighted by atomic mass is 10.1. The van der Waals surface area contributed by atoms with E-state index in [-0.39, 0.29) is 12.1 Å². The van der Waals surface area contributed by atoms with Crippen LogP contribution in [0.15, 0.2) is 22.6 Å². The van der Waals surface area contributed by atoms with Gasteiger partial charge in [0.2, 0.25) is 11.8 Å². The van der Waals surface area contributed by atoms with Crippen LogP contribution in [0.5, 0.6) is 0 Å². The number of halogens is 2. The summed E-state index contributed by atoms with van der Waals surface area (Å²) in [5.74, 6) is -0.251. The van der Waals surface area contributed by atoms with Crippen molar-refractivity contribution in [2.75, 3.05) is 0 Å². The van der Waals surface area contributed by atoms with Crippen LogP contribution in [0.1, 0.15) is 43.3 Å². The highest BCUT2D eigenvalue weighted by molar-refractivity contribution is 5.21. The van der Waals surface area contributed by atoms with E-state index in [0.29, 0.717) is 17.3 Å². The Balaban J connectivity index is 2.10. The highest BCUT2D eigenvalue weighted by Gasteiger charge is 2.18. The zero-order valence-corrected chi connectivity index (χ0v) is 10.9. The molecule has 1 N–H and O–H groups in total. The molecule has 1 heterocycles. The molecule has 19 heavy (non-hydrogen) atoms. The SMILES string of the molecule is Cc1nnc([C@H](C)N[C@H](C)c2ccc(F)cc2F)o1. The van der Waals surface area contributed by atoms with Gasteiger partial charge in [-0.3, -0.25) is 5.32 Å². The van der Waals surface area contributed by atoms with Gasteiger partial charge in [0.15, 0.2) is 0 Å². The smallest absolute Gasteiger partial charge is 0.233 e. The number of hydrogen-bond acceptors (Lipinski definition) is 4. The van der Waals surface area contributed by atoms with Crippen molar-refractivity contribution in [3.8, 4) is 0 Å². The maximum Gasteiger partial charge on any atom is 0.233 e. The Morgan fingerprint density at radius 1 is 1.16 bits per heavy atom. The van der Waals surface area contributed by atoms with E-state index in [4.69, 9.17) is 4.42 Å². The minimum atomic E-state index is -0.589. The van der Waals surface area contributed by atoms with E-state index in [1.807, 2.05) is 6.92 Å². The van der Waals surface area contributed by atoms with Gasteiger partial charge in [-0.05, 0) is 19.9 Å². The molecule has 0 saturated heterocycles. The van der Waals surface area contributed by atoms with Gasteiger partial charge < -0.3 is 4.42 Å². The van der Waals surface area contributed by atoms with Crippen LogP contribution >= 0.6 is 0 Å². The van der Waals surface area contributed by atoms with Crippen molar-refractivity contribution in [1.82, 2.24) is 15.5 Å². The predicted octanol–water partition coefficient (Wildman–Crippen LogP) is 3.07. The molecule has 6 heteroatoms. The third-order valence-electron chi connectivity index (χ3n) is 2.84. The molecule has 1 aromatic carbocycles. The van der Waals surface area contributed by atoms with Crippen LogP contribution in [0.4, 0.5) is 8.78 Å². The second kappa shape index (κ2) is 5.44. The van der Waals surface area contributed by atoms with E-state index in [1.165, 1.54) is 12.1 Å². The lowest BCUT2D eigenvalue weighted by molar-refractivity contribution is 0.375. The molecule has 2 atom stereocenters. The van der Waals surface area contributed by atoms with Gasteiger partial charge in [0.05, 0.1) is 6.04 Å². The van der Waals surface area contributed by atoms with E-state index in [2.05, 4.69) is 15.5 Å². The lowest BCUT2D eigenvalue weighted by Gasteiger charge is -2.18. The van der Waals surface area contributed by atoms with Crippen LogP contribution in [-0.2, 0) is 0 Å². The summed E-state index contributed by atoms with van der Waals surface area (Å²) in [7, 11) is 0. The number of hydrogen-bond donors (Lipinski definition) is 1.